The molecule has 84 valence electrons. The fourth-order valence-corrected chi connectivity index (χ4v) is 2.28. The Balaban J connectivity index is 1.93. The van der Waals surface area contributed by atoms with Crippen molar-refractivity contribution < 1.29 is 0 Å². The molecule has 3 nitrogen and oxygen atoms in total. The van der Waals surface area contributed by atoms with E-state index in [0.717, 1.165) is 13.0 Å². The van der Waals surface area contributed by atoms with E-state index in [1.165, 1.54) is 38.1 Å². The first kappa shape index (κ1) is 10.7. The molecule has 1 unspecified atom stereocenters. The first-order valence-corrected chi connectivity index (χ1v) is 6.13. The summed E-state index contributed by atoms with van der Waals surface area (Å²) in [5.41, 5.74) is 0. The van der Waals surface area contributed by atoms with Gasteiger partial charge in [0.2, 0.25) is 0 Å². The van der Waals surface area contributed by atoms with Crippen molar-refractivity contribution in [1.82, 2.24) is 14.9 Å². The molecule has 1 fully saturated rings. The molecule has 2 heterocycles. The third-order valence-corrected chi connectivity index (χ3v) is 3.10. The topological polar surface area (TPSA) is 29.9 Å². The third kappa shape index (κ3) is 2.81. The van der Waals surface area contributed by atoms with Gasteiger partial charge in [-0.1, -0.05) is 13.3 Å². The van der Waals surface area contributed by atoms with Crippen LogP contribution in [0, 0.1) is 0 Å². The Labute approximate surface area is 91.9 Å². The van der Waals surface area contributed by atoms with E-state index in [1.54, 1.807) is 0 Å². The highest BCUT2D eigenvalue weighted by molar-refractivity contribution is 4.93. The lowest BCUT2D eigenvalue weighted by Crippen LogP contribution is -2.37. The van der Waals surface area contributed by atoms with E-state index in [9.17, 15) is 0 Å². The quantitative estimate of drug-likeness (QED) is 0.818. The van der Waals surface area contributed by atoms with Gasteiger partial charge in [0, 0.05) is 31.4 Å². The number of nitrogens with zero attached hydrogens (tertiary/aromatic N) is 2. The van der Waals surface area contributed by atoms with Gasteiger partial charge in [-0.25, -0.2) is 4.98 Å². The van der Waals surface area contributed by atoms with E-state index in [1.807, 2.05) is 6.20 Å². The summed E-state index contributed by atoms with van der Waals surface area (Å²) < 4.78 is 2.31. The molecule has 1 aromatic rings. The lowest BCUT2D eigenvalue weighted by atomic mass is 10.1. The lowest BCUT2D eigenvalue weighted by Gasteiger charge is -2.24. The number of imidazole rings is 1. The van der Waals surface area contributed by atoms with Crippen molar-refractivity contribution in [3.05, 3.63) is 18.2 Å². The smallest absolute Gasteiger partial charge is 0.108 e. The largest absolute Gasteiger partial charge is 0.333 e. The van der Waals surface area contributed by atoms with Gasteiger partial charge < -0.3 is 9.88 Å². The normalized spacial score (nSPS) is 21.8. The zero-order valence-electron chi connectivity index (χ0n) is 9.58. The maximum atomic E-state index is 4.41. The van der Waals surface area contributed by atoms with Gasteiger partial charge in [0.1, 0.15) is 5.82 Å². The fourth-order valence-electron chi connectivity index (χ4n) is 2.28. The van der Waals surface area contributed by atoms with Crippen LogP contribution in [0.15, 0.2) is 12.4 Å². The van der Waals surface area contributed by atoms with Crippen molar-refractivity contribution in [2.24, 2.45) is 0 Å². The van der Waals surface area contributed by atoms with E-state index in [-0.39, 0.29) is 0 Å². The molecule has 3 heteroatoms. The first-order valence-electron chi connectivity index (χ1n) is 6.13. The maximum Gasteiger partial charge on any atom is 0.108 e. The summed E-state index contributed by atoms with van der Waals surface area (Å²) in [7, 11) is 0. The zero-order chi connectivity index (χ0) is 10.5. The van der Waals surface area contributed by atoms with Crippen LogP contribution in [0.4, 0.5) is 0 Å². The lowest BCUT2D eigenvalue weighted by molar-refractivity contribution is 0.359. The standard InChI is InChI=1S/C12H21N3/c1-2-5-12-14-8-9-15(12)10-11-6-3-4-7-13-11/h8-9,11,13H,2-7,10H2,1H3. The number of hydrogen-bond donors (Lipinski definition) is 1. The molecule has 1 atom stereocenters. The third-order valence-electron chi connectivity index (χ3n) is 3.10. The number of hydrogen-bond acceptors (Lipinski definition) is 2. The van der Waals surface area contributed by atoms with Crippen molar-refractivity contribution >= 4 is 0 Å². The van der Waals surface area contributed by atoms with Gasteiger partial charge in [-0.3, -0.25) is 0 Å². The average Bonchev–Trinajstić information content (AvgIpc) is 2.68. The molecule has 0 radical (unpaired) electrons. The summed E-state index contributed by atoms with van der Waals surface area (Å²) >= 11 is 0. The van der Waals surface area contributed by atoms with E-state index < -0.39 is 0 Å². The van der Waals surface area contributed by atoms with Crippen LogP contribution in [0.1, 0.15) is 38.4 Å². The van der Waals surface area contributed by atoms with Crippen molar-refractivity contribution in [2.45, 2.75) is 51.6 Å². The SMILES string of the molecule is CCCc1nccn1CC1CCCCN1. The van der Waals surface area contributed by atoms with E-state index in [0.29, 0.717) is 6.04 Å². The molecule has 1 N–H and O–H groups in total. The maximum absolute atomic E-state index is 4.41. The van der Waals surface area contributed by atoms with Crippen LogP contribution in [-0.2, 0) is 13.0 Å². The number of rotatable bonds is 4. The molecule has 1 aromatic heterocycles. The van der Waals surface area contributed by atoms with Crippen LogP contribution in [0.2, 0.25) is 0 Å². The van der Waals surface area contributed by atoms with Gasteiger partial charge in [0.15, 0.2) is 0 Å². The minimum absolute atomic E-state index is 0.656. The monoisotopic (exact) mass is 207 g/mol. The number of nitrogens with one attached hydrogen (secondary N) is 1. The van der Waals surface area contributed by atoms with Gasteiger partial charge in [-0.2, -0.15) is 0 Å². The van der Waals surface area contributed by atoms with Crippen LogP contribution in [0.25, 0.3) is 0 Å². The summed E-state index contributed by atoms with van der Waals surface area (Å²) in [6.07, 6.45) is 10.3. The molecule has 0 bridgehead atoms. The van der Waals surface area contributed by atoms with Gasteiger partial charge in [0.25, 0.3) is 0 Å². The predicted octanol–water partition coefficient (Wildman–Crippen LogP) is 1.98. The molecule has 1 aliphatic heterocycles. The van der Waals surface area contributed by atoms with E-state index in [4.69, 9.17) is 0 Å². The van der Waals surface area contributed by atoms with Crippen LogP contribution in [-0.4, -0.2) is 22.1 Å². The van der Waals surface area contributed by atoms with Crippen LogP contribution < -0.4 is 5.32 Å². The van der Waals surface area contributed by atoms with E-state index >= 15 is 0 Å². The molecule has 0 aromatic carbocycles. The number of aromatic nitrogens is 2. The van der Waals surface area contributed by atoms with Crippen molar-refractivity contribution in [1.29, 1.82) is 0 Å². The molecule has 0 amide bonds. The Morgan fingerprint density at radius 1 is 1.53 bits per heavy atom. The Morgan fingerprint density at radius 3 is 3.20 bits per heavy atom. The zero-order valence-corrected chi connectivity index (χ0v) is 9.58. The highest BCUT2D eigenvalue weighted by Gasteiger charge is 2.13. The summed E-state index contributed by atoms with van der Waals surface area (Å²) in [6, 6.07) is 0.656. The second kappa shape index (κ2) is 5.31. The Hall–Kier alpha value is -0.830. The molecular weight excluding hydrogens is 186 g/mol. The Bertz CT molecular complexity index is 287. The second-order valence-corrected chi connectivity index (χ2v) is 4.39. The fraction of sp³-hybridized carbons (Fsp3) is 0.750. The number of aryl methyl sites for hydroxylation is 1. The Kier molecular flexibility index (Phi) is 3.78. The van der Waals surface area contributed by atoms with Crippen molar-refractivity contribution in [3.63, 3.8) is 0 Å². The molecule has 15 heavy (non-hydrogen) atoms. The number of piperidine rings is 1. The van der Waals surface area contributed by atoms with Gasteiger partial charge in [-0.05, 0) is 25.8 Å². The molecule has 1 aliphatic rings. The first-order chi connectivity index (χ1) is 7.40. The van der Waals surface area contributed by atoms with Gasteiger partial charge >= 0.3 is 0 Å². The van der Waals surface area contributed by atoms with Crippen LogP contribution in [0.5, 0.6) is 0 Å². The molecule has 0 aliphatic carbocycles. The minimum Gasteiger partial charge on any atom is -0.333 e. The molecule has 2 rings (SSSR count). The van der Waals surface area contributed by atoms with Gasteiger partial charge in [-0.15, -0.1) is 0 Å². The highest BCUT2D eigenvalue weighted by Crippen LogP contribution is 2.10. The molecular formula is C12H21N3. The second-order valence-electron chi connectivity index (χ2n) is 4.39. The molecule has 0 saturated carbocycles. The van der Waals surface area contributed by atoms with Crippen molar-refractivity contribution in [3.8, 4) is 0 Å². The minimum atomic E-state index is 0.656. The highest BCUT2D eigenvalue weighted by atomic mass is 15.1. The summed E-state index contributed by atoms with van der Waals surface area (Å²) in [4.78, 5) is 4.41. The van der Waals surface area contributed by atoms with Crippen molar-refractivity contribution in [2.75, 3.05) is 6.54 Å². The van der Waals surface area contributed by atoms with Crippen LogP contribution in [0.3, 0.4) is 0 Å². The van der Waals surface area contributed by atoms with Crippen LogP contribution >= 0.6 is 0 Å². The van der Waals surface area contributed by atoms with E-state index in [2.05, 4.69) is 28.0 Å². The van der Waals surface area contributed by atoms with Gasteiger partial charge in [0.05, 0.1) is 0 Å². The molecule has 0 spiro atoms. The molecule has 1 saturated heterocycles. The summed E-state index contributed by atoms with van der Waals surface area (Å²) in [5, 5.41) is 3.58. The predicted molar refractivity (Wildman–Crippen MR) is 61.9 cm³/mol. The average molecular weight is 207 g/mol. The Morgan fingerprint density at radius 2 is 2.47 bits per heavy atom. The summed E-state index contributed by atoms with van der Waals surface area (Å²) in [6.45, 7) is 4.48. The summed E-state index contributed by atoms with van der Waals surface area (Å²) in [5.74, 6) is 1.24.